The highest BCUT2D eigenvalue weighted by atomic mass is 16.2. The van der Waals surface area contributed by atoms with Crippen molar-refractivity contribution in [2.75, 3.05) is 32.7 Å². The first-order valence-corrected chi connectivity index (χ1v) is 8.35. The van der Waals surface area contributed by atoms with Crippen LogP contribution in [0.1, 0.15) is 47.5 Å². The first-order valence-electron chi connectivity index (χ1n) is 8.35. The van der Waals surface area contributed by atoms with Gasteiger partial charge in [-0.25, -0.2) is 4.79 Å². The third-order valence-electron chi connectivity index (χ3n) is 4.10. The van der Waals surface area contributed by atoms with Gasteiger partial charge < -0.3 is 20.4 Å². The van der Waals surface area contributed by atoms with Crippen molar-refractivity contribution in [3.63, 3.8) is 0 Å². The van der Waals surface area contributed by atoms with Gasteiger partial charge in [-0.05, 0) is 46.8 Å². The maximum atomic E-state index is 12.0. The van der Waals surface area contributed by atoms with E-state index < -0.39 is 0 Å². The van der Waals surface area contributed by atoms with E-state index in [0.29, 0.717) is 19.5 Å². The summed E-state index contributed by atoms with van der Waals surface area (Å²) in [5, 5.41) is 5.78. The number of amides is 3. The molecule has 1 rings (SSSR count). The monoisotopic (exact) mass is 312 g/mol. The van der Waals surface area contributed by atoms with E-state index in [0.717, 1.165) is 26.1 Å². The van der Waals surface area contributed by atoms with Gasteiger partial charge in [-0.15, -0.1) is 0 Å². The first kappa shape index (κ1) is 18.7. The van der Waals surface area contributed by atoms with Crippen LogP contribution in [-0.4, -0.2) is 66.0 Å². The second kappa shape index (κ2) is 8.36. The maximum absolute atomic E-state index is 12.0. The van der Waals surface area contributed by atoms with E-state index in [1.807, 2.05) is 25.7 Å². The predicted octanol–water partition coefficient (Wildman–Crippen LogP) is 1.42. The highest BCUT2D eigenvalue weighted by molar-refractivity contribution is 5.82. The maximum Gasteiger partial charge on any atom is 0.315 e. The zero-order chi connectivity index (χ0) is 16.8. The lowest BCUT2D eigenvalue weighted by Crippen LogP contribution is -2.46. The number of hydrogen-bond donors (Lipinski definition) is 2. The fourth-order valence-corrected chi connectivity index (χ4v) is 2.73. The third kappa shape index (κ3) is 5.83. The van der Waals surface area contributed by atoms with E-state index in [4.69, 9.17) is 0 Å². The zero-order valence-electron chi connectivity index (χ0n) is 14.7. The molecule has 0 aliphatic carbocycles. The second-order valence-electron chi connectivity index (χ2n) is 6.86. The lowest BCUT2D eigenvalue weighted by Gasteiger charge is -2.32. The molecule has 3 amide bonds. The molecule has 22 heavy (non-hydrogen) atoms. The Morgan fingerprint density at radius 1 is 1.32 bits per heavy atom. The van der Waals surface area contributed by atoms with E-state index >= 15 is 0 Å². The summed E-state index contributed by atoms with van der Waals surface area (Å²) in [5.74, 6) is 0.110. The van der Waals surface area contributed by atoms with Crippen LogP contribution in [0.2, 0.25) is 0 Å². The summed E-state index contributed by atoms with van der Waals surface area (Å²) < 4.78 is 0. The minimum Gasteiger partial charge on any atom is -0.338 e. The Balaban J connectivity index is 2.25. The van der Waals surface area contributed by atoms with Gasteiger partial charge in [-0.3, -0.25) is 4.79 Å². The van der Waals surface area contributed by atoms with Gasteiger partial charge in [-0.2, -0.15) is 0 Å². The van der Waals surface area contributed by atoms with Gasteiger partial charge in [-0.1, -0.05) is 13.8 Å². The summed E-state index contributed by atoms with van der Waals surface area (Å²) in [7, 11) is 0. The molecule has 1 aliphatic rings. The minimum atomic E-state index is -0.187. The fraction of sp³-hybridized carbons (Fsp3) is 0.875. The highest BCUT2D eigenvalue weighted by Gasteiger charge is 2.36. The molecule has 1 heterocycles. The zero-order valence-corrected chi connectivity index (χ0v) is 14.7. The smallest absolute Gasteiger partial charge is 0.315 e. The van der Waals surface area contributed by atoms with E-state index in [1.54, 1.807) is 0 Å². The summed E-state index contributed by atoms with van der Waals surface area (Å²) in [5.41, 5.74) is -0.187. The molecule has 128 valence electrons. The molecule has 1 aliphatic heterocycles. The Morgan fingerprint density at radius 3 is 2.45 bits per heavy atom. The van der Waals surface area contributed by atoms with Crippen molar-refractivity contribution in [1.82, 2.24) is 20.4 Å². The SMILES string of the molecule is CCN(CC)CCCNC(=O)NC1CC(=O)N(C(C)(C)C)C1. The number of nitrogens with one attached hydrogen (secondary N) is 2. The van der Waals surface area contributed by atoms with Gasteiger partial charge >= 0.3 is 6.03 Å². The summed E-state index contributed by atoms with van der Waals surface area (Å²) in [4.78, 5) is 28.0. The number of likely N-dealkylation sites (tertiary alicyclic amines) is 1. The summed E-state index contributed by atoms with van der Waals surface area (Å²) in [6.45, 7) is 14.6. The lowest BCUT2D eigenvalue weighted by atomic mass is 10.1. The van der Waals surface area contributed by atoms with E-state index in [9.17, 15) is 9.59 Å². The molecule has 6 nitrogen and oxygen atoms in total. The minimum absolute atomic E-state index is 0.0884. The van der Waals surface area contributed by atoms with Gasteiger partial charge in [0, 0.05) is 25.0 Å². The fourth-order valence-electron chi connectivity index (χ4n) is 2.73. The Kier molecular flexibility index (Phi) is 7.13. The Bertz CT molecular complexity index is 375. The quantitative estimate of drug-likeness (QED) is 0.699. The summed E-state index contributed by atoms with van der Waals surface area (Å²) >= 11 is 0. The van der Waals surface area contributed by atoms with Crippen LogP contribution in [0.15, 0.2) is 0 Å². The highest BCUT2D eigenvalue weighted by Crippen LogP contribution is 2.21. The van der Waals surface area contributed by atoms with Crippen LogP contribution in [0.3, 0.4) is 0 Å². The largest absolute Gasteiger partial charge is 0.338 e. The predicted molar refractivity (Wildman–Crippen MR) is 88.8 cm³/mol. The van der Waals surface area contributed by atoms with Gasteiger partial charge in [0.2, 0.25) is 5.91 Å². The number of nitrogens with zero attached hydrogens (tertiary/aromatic N) is 2. The third-order valence-corrected chi connectivity index (χ3v) is 4.10. The van der Waals surface area contributed by atoms with E-state index in [2.05, 4.69) is 29.4 Å². The van der Waals surface area contributed by atoms with Crippen LogP contribution in [0.25, 0.3) is 0 Å². The molecule has 0 aromatic heterocycles. The number of carbonyl (C=O) groups is 2. The van der Waals surface area contributed by atoms with E-state index in [-0.39, 0.29) is 23.5 Å². The van der Waals surface area contributed by atoms with Crippen LogP contribution in [0, 0.1) is 0 Å². The molecule has 0 radical (unpaired) electrons. The van der Waals surface area contributed by atoms with Crippen molar-refractivity contribution in [1.29, 1.82) is 0 Å². The molecular formula is C16H32N4O2. The Labute approximate surface area is 134 Å². The number of carbonyl (C=O) groups excluding carboxylic acids is 2. The molecule has 2 N–H and O–H groups in total. The molecule has 1 saturated heterocycles. The molecule has 1 atom stereocenters. The van der Waals surface area contributed by atoms with Crippen LogP contribution in [-0.2, 0) is 4.79 Å². The first-order chi connectivity index (χ1) is 10.3. The number of hydrogen-bond acceptors (Lipinski definition) is 3. The summed E-state index contributed by atoms with van der Waals surface area (Å²) in [6.07, 6.45) is 1.33. The van der Waals surface area contributed by atoms with Crippen molar-refractivity contribution in [2.24, 2.45) is 0 Å². The average molecular weight is 312 g/mol. The van der Waals surface area contributed by atoms with Crippen molar-refractivity contribution in [3.8, 4) is 0 Å². The van der Waals surface area contributed by atoms with Crippen molar-refractivity contribution in [3.05, 3.63) is 0 Å². The second-order valence-corrected chi connectivity index (χ2v) is 6.86. The standard InChI is InChI=1S/C16H32N4O2/c1-6-19(7-2)10-8-9-17-15(22)18-13-11-14(21)20(12-13)16(3,4)5/h13H,6-12H2,1-5H3,(H2,17,18,22). The molecular weight excluding hydrogens is 280 g/mol. The lowest BCUT2D eigenvalue weighted by molar-refractivity contribution is -0.131. The van der Waals surface area contributed by atoms with Crippen LogP contribution in [0.5, 0.6) is 0 Å². The molecule has 0 bridgehead atoms. The Hall–Kier alpha value is -1.30. The molecule has 1 unspecified atom stereocenters. The van der Waals surface area contributed by atoms with Crippen molar-refractivity contribution in [2.45, 2.75) is 59.0 Å². The van der Waals surface area contributed by atoms with Gasteiger partial charge in [0.1, 0.15) is 0 Å². The molecule has 1 fully saturated rings. The number of urea groups is 1. The normalized spacial score (nSPS) is 18.9. The van der Waals surface area contributed by atoms with E-state index in [1.165, 1.54) is 0 Å². The van der Waals surface area contributed by atoms with Gasteiger partial charge in [0.25, 0.3) is 0 Å². The van der Waals surface area contributed by atoms with Crippen LogP contribution in [0.4, 0.5) is 4.79 Å². The van der Waals surface area contributed by atoms with Gasteiger partial charge in [0.05, 0.1) is 6.04 Å². The number of rotatable bonds is 7. The molecule has 0 saturated carbocycles. The Morgan fingerprint density at radius 2 is 1.95 bits per heavy atom. The van der Waals surface area contributed by atoms with Crippen LogP contribution >= 0.6 is 0 Å². The molecule has 6 heteroatoms. The average Bonchev–Trinajstić information content (AvgIpc) is 2.79. The van der Waals surface area contributed by atoms with Crippen LogP contribution < -0.4 is 10.6 Å². The van der Waals surface area contributed by atoms with Crippen molar-refractivity contribution < 1.29 is 9.59 Å². The molecule has 0 aromatic carbocycles. The topological polar surface area (TPSA) is 64.7 Å². The van der Waals surface area contributed by atoms with Gasteiger partial charge in [0.15, 0.2) is 0 Å². The molecule has 0 aromatic rings. The summed E-state index contributed by atoms with van der Waals surface area (Å²) in [6, 6.07) is -0.261. The molecule has 0 spiro atoms. The van der Waals surface area contributed by atoms with Crippen molar-refractivity contribution >= 4 is 11.9 Å².